The van der Waals surface area contributed by atoms with Crippen LogP contribution in [-0.4, -0.2) is 0 Å². The molecule has 0 spiro atoms. The van der Waals surface area contributed by atoms with E-state index in [0.29, 0.717) is 0 Å². The topological polar surface area (TPSA) is 14.1 Å². The summed E-state index contributed by atoms with van der Waals surface area (Å²) in [5.74, 6) is 0. The Morgan fingerprint density at radius 1 is 1.00 bits per heavy atom. The zero-order valence-corrected chi connectivity index (χ0v) is 4.91. The lowest BCUT2D eigenvalue weighted by molar-refractivity contribution is 1.20. The van der Waals surface area contributed by atoms with Gasteiger partial charge in [0.25, 0.3) is 0 Å². The van der Waals surface area contributed by atoms with Crippen LogP contribution in [0.3, 0.4) is 0 Å². The number of nitrogens with zero attached hydrogens (tertiary/aromatic N) is 1. The van der Waals surface area contributed by atoms with E-state index in [-0.39, 0.29) is 0 Å². The van der Waals surface area contributed by atoms with E-state index in [0.717, 1.165) is 5.69 Å². The van der Waals surface area contributed by atoms with E-state index < -0.39 is 0 Å². The second kappa shape index (κ2) is 1.62. The van der Waals surface area contributed by atoms with Crippen molar-refractivity contribution in [1.82, 2.24) is 5.32 Å². The van der Waals surface area contributed by atoms with Crippen molar-refractivity contribution in [3.8, 4) is 0 Å². The Labute approximate surface area is 54.0 Å². The van der Waals surface area contributed by atoms with Crippen molar-refractivity contribution in [3.63, 3.8) is 0 Å². The summed E-state index contributed by atoms with van der Waals surface area (Å²) in [6.07, 6.45) is 3.82. The lowest BCUT2D eigenvalue weighted by atomic mass is 10.2. The smallest absolute Gasteiger partial charge is 0.0630 e. The third kappa shape index (κ3) is 0.703. The van der Waals surface area contributed by atoms with Gasteiger partial charge in [-0.2, -0.15) is 0 Å². The van der Waals surface area contributed by atoms with E-state index in [4.69, 9.17) is 0 Å². The molecule has 0 aromatic heterocycles. The number of rotatable bonds is 0. The van der Waals surface area contributed by atoms with E-state index in [2.05, 4.69) is 17.4 Å². The van der Waals surface area contributed by atoms with Gasteiger partial charge >= 0.3 is 0 Å². The van der Waals surface area contributed by atoms with Crippen molar-refractivity contribution in [2.75, 3.05) is 0 Å². The highest BCUT2D eigenvalue weighted by Gasteiger charge is 1.94. The first kappa shape index (κ1) is 4.62. The normalized spacial score (nSPS) is 12.9. The maximum absolute atomic E-state index is 4.12. The van der Waals surface area contributed by atoms with Crippen molar-refractivity contribution in [2.24, 2.45) is 0 Å². The second-order valence-corrected chi connectivity index (χ2v) is 2.04. The molecule has 0 saturated carbocycles. The number of hydrogen-bond donors (Lipinski definition) is 0. The zero-order valence-electron chi connectivity index (χ0n) is 4.91. The maximum atomic E-state index is 4.12. The van der Waals surface area contributed by atoms with Crippen LogP contribution in [0.2, 0.25) is 0 Å². The summed E-state index contributed by atoms with van der Waals surface area (Å²) in [4.78, 5) is 0. The van der Waals surface area contributed by atoms with Crippen molar-refractivity contribution >= 4 is 11.8 Å². The molecule has 0 unspecified atom stereocenters. The van der Waals surface area contributed by atoms with Crippen molar-refractivity contribution in [3.05, 3.63) is 36.0 Å². The molecule has 0 atom stereocenters. The molecule has 9 heavy (non-hydrogen) atoms. The SMILES string of the molecule is C1=Cc2ccc(cc2)[N]1. The molecule has 3 rings (SSSR count). The summed E-state index contributed by atoms with van der Waals surface area (Å²) < 4.78 is 0. The van der Waals surface area contributed by atoms with Crippen molar-refractivity contribution in [1.29, 1.82) is 0 Å². The predicted molar refractivity (Wildman–Crippen MR) is 37.3 cm³/mol. The average Bonchev–Trinajstić information content (AvgIpc) is 2.21. The van der Waals surface area contributed by atoms with Crippen molar-refractivity contribution in [2.45, 2.75) is 0 Å². The van der Waals surface area contributed by atoms with E-state index in [1.165, 1.54) is 5.56 Å². The van der Waals surface area contributed by atoms with Gasteiger partial charge in [0.2, 0.25) is 0 Å². The number of fused-ring (bicyclic) bond motifs is 3. The molecule has 2 heterocycles. The molecule has 1 heteroatoms. The van der Waals surface area contributed by atoms with Gasteiger partial charge in [0, 0.05) is 6.20 Å². The van der Waals surface area contributed by atoms with E-state index >= 15 is 0 Å². The molecule has 0 amide bonds. The Balaban J connectivity index is 2.67. The van der Waals surface area contributed by atoms with Gasteiger partial charge in [-0.1, -0.05) is 12.1 Å². The van der Waals surface area contributed by atoms with Gasteiger partial charge in [0.1, 0.15) is 0 Å². The Bertz CT molecular complexity index is 233. The standard InChI is InChI=1S/C8H6N/c1-3-8-4-2-7(1)5-6-9-8/h1-6H. The molecular weight excluding hydrogens is 110 g/mol. The van der Waals surface area contributed by atoms with Gasteiger partial charge < -0.3 is 0 Å². The van der Waals surface area contributed by atoms with Crippen LogP contribution in [0.15, 0.2) is 30.5 Å². The molecule has 0 saturated heterocycles. The van der Waals surface area contributed by atoms with Crippen LogP contribution in [0, 0.1) is 0 Å². The third-order valence-electron chi connectivity index (χ3n) is 1.38. The van der Waals surface area contributed by atoms with Crippen LogP contribution in [0.1, 0.15) is 5.56 Å². The summed E-state index contributed by atoms with van der Waals surface area (Å²) in [6, 6.07) is 8.13. The first-order valence-electron chi connectivity index (χ1n) is 2.93. The molecule has 1 aromatic rings. The average molecular weight is 116 g/mol. The van der Waals surface area contributed by atoms with Crippen LogP contribution in [0.25, 0.3) is 6.08 Å². The maximum Gasteiger partial charge on any atom is 0.0630 e. The van der Waals surface area contributed by atoms with Gasteiger partial charge in [-0.25, -0.2) is 0 Å². The summed E-state index contributed by atoms with van der Waals surface area (Å²) in [7, 11) is 0. The predicted octanol–water partition coefficient (Wildman–Crippen LogP) is 1.91. The van der Waals surface area contributed by atoms with Crippen LogP contribution in [0.5, 0.6) is 0 Å². The van der Waals surface area contributed by atoms with Crippen LogP contribution >= 0.6 is 0 Å². The quantitative estimate of drug-likeness (QED) is 0.491. The molecule has 43 valence electrons. The highest BCUT2D eigenvalue weighted by Crippen LogP contribution is 2.14. The van der Waals surface area contributed by atoms with E-state index in [1.54, 1.807) is 0 Å². The molecule has 1 nitrogen and oxygen atoms in total. The summed E-state index contributed by atoms with van der Waals surface area (Å²) in [6.45, 7) is 0. The van der Waals surface area contributed by atoms with Gasteiger partial charge in [-0.05, 0) is 23.8 Å². The molecule has 2 aliphatic rings. The second-order valence-electron chi connectivity index (χ2n) is 2.04. The fourth-order valence-electron chi connectivity index (χ4n) is 0.881. The highest BCUT2D eigenvalue weighted by atomic mass is 14.8. The summed E-state index contributed by atoms with van der Waals surface area (Å²) >= 11 is 0. The van der Waals surface area contributed by atoms with Crippen LogP contribution in [-0.2, 0) is 0 Å². The first-order chi connectivity index (χ1) is 4.45. The summed E-state index contributed by atoms with van der Waals surface area (Å²) in [5.41, 5.74) is 2.26. The van der Waals surface area contributed by atoms with Crippen molar-refractivity contribution < 1.29 is 0 Å². The Morgan fingerprint density at radius 3 is 2.56 bits per heavy atom. The minimum Gasteiger partial charge on any atom is -0.257 e. The highest BCUT2D eigenvalue weighted by molar-refractivity contribution is 5.57. The Morgan fingerprint density at radius 2 is 1.78 bits per heavy atom. The Hall–Kier alpha value is -1.24. The van der Waals surface area contributed by atoms with Crippen LogP contribution < -0.4 is 5.32 Å². The monoisotopic (exact) mass is 116 g/mol. The molecule has 0 fully saturated rings. The third-order valence-corrected chi connectivity index (χ3v) is 1.38. The number of benzene rings is 1. The summed E-state index contributed by atoms with van der Waals surface area (Å²) in [5, 5.41) is 4.12. The molecule has 2 aliphatic heterocycles. The number of hydrogen-bond acceptors (Lipinski definition) is 0. The van der Waals surface area contributed by atoms with Gasteiger partial charge in [-0.3, -0.25) is 5.32 Å². The molecule has 0 N–H and O–H groups in total. The molecule has 0 aliphatic carbocycles. The van der Waals surface area contributed by atoms with Gasteiger partial charge in [0.05, 0.1) is 5.69 Å². The fraction of sp³-hybridized carbons (Fsp3) is 0. The zero-order chi connectivity index (χ0) is 6.10. The minimum absolute atomic E-state index is 1.03. The first-order valence-corrected chi connectivity index (χ1v) is 2.93. The van der Waals surface area contributed by atoms with Gasteiger partial charge in [0.15, 0.2) is 0 Å². The van der Waals surface area contributed by atoms with Gasteiger partial charge in [-0.15, -0.1) is 0 Å². The molecular formula is C8H6N. The molecule has 1 aromatic carbocycles. The lowest BCUT2D eigenvalue weighted by Crippen LogP contribution is -1.78. The molecule has 1 radical (unpaired) electrons. The Kier molecular flexibility index (Phi) is 0.833. The largest absolute Gasteiger partial charge is 0.257 e. The van der Waals surface area contributed by atoms with E-state index in [1.807, 2.05) is 24.4 Å². The van der Waals surface area contributed by atoms with Crippen LogP contribution in [0.4, 0.5) is 5.69 Å². The minimum atomic E-state index is 1.03. The van der Waals surface area contributed by atoms with E-state index in [9.17, 15) is 0 Å². The fourth-order valence-corrected chi connectivity index (χ4v) is 0.881. The lowest BCUT2D eigenvalue weighted by Gasteiger charge is -1.89. The molecule has 2 bridgehead atoms.